The number of carbonyl (C=O) groups is 1. The fraction of sp³-hybridized carbons (Fsp3) is 0.478. The molecule has 2 fully saturated rings. The van der Waals surface area contributed by atoms with Gasteiger partial charge >= 0.3 is 6.03 Å². The number of aromatic nitrogens is 1. The minimum atomic E-state index is -0.175. The van der Waals surface area contributed by atoms with Crippen molar-refractivity contribution in [3.63, 3.8) is 0 Å². The molecule has 1 aromatic carbocycles. The van der Waals surface area contributed by atoms with Gasteiger partial charge in [-0.3, -0.25) is 4.90 Å². The molecule has 2 aromatic rings. The summed E-state index contributed by atoms with van der Waals surface area (Å²) in [6.07, 6.45) is 1.79. The van der Waals surface area contributed by atoms with Crippen LogP contribution < -0.4 is 15.5 Å². The fourth-order valence-corrected chi connectivity index (χ4v) is 3.84. The van der Waals surface area contributed by atoms with Crippen molar-refractivity contribution >= 4 is 11.8 Å². The predicted octanol–water partition coefficient (Wildman–Crippen LogP) is 1.75. The molecule has 0 atom stereocenters. The number of hydrogen-bond acceptors (Lipinski definition) is 6. The van der Waals surface area contributed by atoms with E-state index in [2.05, 4.69) is 43.6 Å². The average Bonchev–Trinajstić information content (AvgIpc) is 2.83. The van der Waals surface area contributed by atoms with E-state index >= 15 is 0 Å². The first-order valence-electron chi connectivity index (χ1n) is 10.9. The Morgan fingerprint density at radius 2 is 1.58 bits per heavy atom. The third-order valence-corrected chi connectivity index (χ3v) is 5.65. The van der Waals surface area contributed by atoms with Crippen LogP contribution in [-0.4, -0.2) is 68.5 Å². The lowest BCUT2D eigenvalue weighted by Crippen LogP contribution is -2.37. The third-order valence-electron chi connectivity index (χ3n) is 5.65. The van der Waals surface area contributed by atoms with Gasteiger partial charge in [0, 0.05) is 52.0 Å². The molecule has 1 aromatic heterocycles. The van der Waals surface area contributed by atoms with E-state index in [1.165, 1.54) is 5.56 Å². The maximum atomic E-state index is 12.4. The number of benzene rings is 1. The first-order chi connectivity index (χ1) is 15.3. The Morgan fingerprint density at radius 1 is 0.903 bits per heavy atom. The Bertz CT molecular complexity index is 851. The molecule has 31 heavy (non-hydrogen) atoms. The second-order valence-electron chi connectivity index (χ2n) is 7.82. The van der Waals surface area contributed by atoms with Crippen LogP contribution in [0.3, 0.4) is 0 Å². The van der Waals surface area contributed by atoms with Crippen molar-refractivity contribution in [2.24, 2.45) is 0 Å². The van der Waals surface area contributed by atoms with Crippen molar-refractivity contribution in [3.8, 4) is 0 Å². The highest BCUT2D eigenvalue weighted by atomic mass is 16.5. The summed E-state index contributed by atoms with van der Waals surface area (Å²) < 4.78 is 10.8. The maximum absolute atomic E-state index is 12.4. The number of amides is 2. The highest BCUT2D eigenvalue weighted by molar-refractivity contribution is 5.73. The van der Waals surface area contributed by atoms with Crippen LogP contribution >= 0.6 is 0 Å². The van der Waals surface area contributed by atoms with Gasteiger partial charge in [-0.05, 0) is 28.8 Å². The SMILES string of the molecule is O=C(NCc1ccnc(N2CCOCC2)c1)NCc1ccccc1CN1CCOCC1. The van der Waals surface area contributed by atoms with Gasteiger partial charge in [-0.25, -0.2) is 9.78 Å². The second kappa shape index (κ2) is 11.1. The number of urea groups is 1. The molecule has 8 nitrogen and oxygen atoms in total. The summed E-state index contributed by atoms with van der Waals surface area (Å²) in [5.41, 5.74) is 3.41. The van der Waals surface area contributed by atoms with E-state index in [1.807, 2.05) is 18.2 Å². The topological polar surface area (TPSA) is 79.0 Å². The zero-order valence-electron chi connectivity index (χ0n) is 17.9. The molecular formula is C23H31N5O3. The second-order valence-corrected chi connectivity index (χ2v) is 7.82. The molecule has 0 unspecified atom stereocenters. The Balaban J connectivity index is 1.26. The molecule has 8 heteroatoms. The van der Waals surface area contributed by atoms with Gasteiger partial charge in [0.15, 0.2) is 0 Å². The van der Waals surface area contributed by atoms with Gasteiger partial charge in [0.05, 0.1) is 26.4 Å². The molecule has 2 saturated heterocycles. The number of hydrogen-bond donors (Lipinski definition) is 2. The van der Waals surface area contributed by atoms with E-state index in [0.717, 1.165) is 76.1 Å². The van der Waals surface area contributed by atoms with Crippen LogP contribution in [-0.2, 0) is 29.1 Å². The van der Waals surface area contributed by atoms with E-state index in [9.17, 15) is 4.79 Å². The van der Waals surface area contributed by atoms with Gasteiger partial charge in [0.25, 0.3) is 0 Å². The highest BCUT2D eigenvalue weighted by Crippen LogP contribution is 2.15. The number of ether oxygens (including phenoxy) is 2. The standard InChI is InChI=1S/C23H31N5O3/c29-23(25-16-19-5-6-24-22(15-19)28-9-13-31-14-10-28)26-17-20-3-1-2-4-21(20)18-27-7-11-30-12-8-27/h1-6,15H,7-14,16-18H2,(H2,25,26,29). The summed E-state index contributed by atoms with van der Waals surface area (Å²) >= 11 is 0. The Morgan fingerprint density at radius 3 is 2.35 bits per heavy atom. The van der Waals surface area contributed by atoms with Gasteiger partial charge < -0.3 is 25.0 Å². The molecular weight excluding hydrogens is 394 g/mol. The minimum Gasteiger partial charge on any atom is -0.379 e. The summed E-state index contributed by atoms with van der Waals surface area (Å²) in [4.78, 5) is 21.4. The normalized spacial score (nSPS) is 17.4. The maximum Gasteiger partial charge on any atom is 0.315 e. The number of anilines is 1. The lowest BCUT2D eigenvalue weighted by atomic mass is 10.1. The third kappa shape index (κ3) is 6.40. The summed E-state index contributed by atoms with van der Waals surface area (Å²) in [6.45, 7) is 8.42. The van der Waals surface area contributed by atoms with Crippen molar-refractivity contribution in [3.05, 3.63) is 59.3 Å². The average molecular weight is 426 g/mol. The summed E-state index contributed by atoms with van der Waals surface area (Å²) in [7, 11) is 0. The number of rotatable bonds is 7. The zero-order valence-corrected chi connectivity index (χ0v) is 17.9. The molecule has 0 aliphatic carbocycles. The van der Waals surface area contributed by atoms with Crippen molar-refractivity contribution in [2.75, 3.05) is 57.5 Å². The number of nitrogens with one attached hydrogen (secondary N) is 2. The van der Waals surface area contributed by atoms with Gasteiger partial charge in [-0.2, -0.15) is 0 Å². The summed E-state index contributed by atoms with van der Waals surface area (Å²) in [6, 6.07) is 12.1. The molecule has 166 valence electrons. The lowest BCUT2D eigenvalue weighted by Gasteiger charge is -2.28. The van der Waals surface area contributed by atoms with Gasteiger partial charge in [0.2, 0.25) is 0 Å². The molecule has 4 rings (SSSR count). The van der Waals surface area contributed by atoms with Crippen LogP contribution in [0.5, 0.6) is 0 Å². The van der Waals surface area contributed by atoms with Crippen molar-refractivity contribution < 1.29 is 14.3 Å². The monoisotopic (exact) mass is 425 g/mol. The van der Waals surface area contributed by atoms with Gasteiger partial charge in [-0.1, -0.05) is 24.3 Å². The van der Waals surface area contributed by atoms with E-state index in [0.29, 0.717) is 13.1 Å². The van der Waals surface area contributed by atoms with Crippen molar-refractivity contribution in [1.82, 2.24) is 20.5 Å². The largest absolute Gasteiger partial charge is 0.379 e. The molecule has 2 N–H and O–H groups in total. The minimum absolute atomic E-state index is 0.175. The molecule has 2 amide bonds. The number of morpholine rings is 2. The molecule has 0 bridgehead atoms. The Kier molecular flexibility index (Phi) is 7.71. The quantitative estimate of drug-likeness (QED) is 0.704. The Hall–Kier alpha value is -2.68. The van der Waals surface area contributed by atoms with Crippen molar-refractivity contribution in [2.45, 2.75) is 19.6 Å². The summed E-state index contributed by atoms with van der Waals surface area (Å²) in [5, 5.41) is 5.94. The van der Waals surface area contributed by atoms with Gasteiger partial charge in [-0.15, -0.1) is 0 Å². The Labute approximate surface area is 183 Å². The predicted molar refractivity (Wildman–Crippen MR) is 119 cm³/mol. The number of pyridine rings is 1. The lowest BCUT2D eigenvalue weighted by molar-refractivity contribution is 0.0341. The van der Waals surface area contributed by atoms with Crippen LogP contribution in [0.25, 0.3) is 0 Å². The summed E-state index contributed by atoms with van der Waals surface area (Å²) in [5.74, 6) is 0.931. The van der Waals surface area contributed by atoms with Crippen LogP contribution in [0.4, 0.5) is 10.6 Å². The van der Waals surface area contributed by atoms with Crippen LogP contribution in [0.15, 0.2) is 42.6 Å². The molecule has 0 saturated carbocycles. The highest BCUT2D eigenvalue weighted by Gasteiger charge is 2.14. The van der Waals surface area contributed by atoms with E-state index < -0.39 is 0 Å². The van der Waals surface area contributed by atoms with E-state index in [4.69, 9.17) is 9.47 Å². The van der Waals surface area contributed by atoms with Crippen molar-refractivity contribution in [1.29, 1.82) is 0 Å². The van der Waals surface area contributed by atoms with E-state index in [-0.39, 0.29) is 6.03 Å². The van der Waals surface area contributed by atoms with Crippen LogP contribution in [0.1, 0.15) is 16.7 Å². The van der Waals surface area contributed by atoms with Crippen LogP contribution in [0, 0.1) is 0 Å². The number of nitrogens with zero attached hydrogens (tertiary/aromatic N) is 3. The molecule has 0 spiro atoms. The molecule has 2 aliphatic rings. The fourth-order valence-electron chi connectivity index (χ4n) is 3.84. The molecule has 0 radical (unpaired) electrons. The smallest absolute Gasteiger partial charge is 0.315 e. The van der Waals surface area contributed by atoms with E-state index in [1.54, 1.807) is 6.20 Å². The molecule has 2 aliphatic heterocycles. The van der Waals surface area contributed by atoms with Crippen LogP contribution in [0.2, 0.25) is 0 Å². The number of carbonyl (C=O) groups excluding carboxylic acids is 1. The zero-order chi connectivity index (χ0) is 21.3. The first-order valence-corrected chi connectivity index (χ1v) is 10.9. The first kappa shape index (κ1) is 21.5. The molecule has 3 heterocycles. The van der Waals surface area contributed by atoms with Gasteiger partial charge in [0.1, 0.15) is 5.82 Å².